The van der Waals surface area contributed by atoms with Gasteiger partial charge in [-0.15, -0.1) is 0 Å². The van der Waals surface area contributed by atoms with Crippen LogP contribution < -0.4 is 0 Å². The highest BCUT2D eigenvalue weighted by Gasteiger charge is 2.40. The number of methoxy groups -OCH3 is 1. The first-order valence-electron chi connectivity index (χ1n) is 7.04. The van der Waals surface area contributed by atoms with Crippen molar-refractivity contribution in [3.05, 3.63) is 35.4 Å². The summed E-state index contributed by atoms with van der Waals surface area (Å²) in [4.78, 5) is 27.6. The van der Waals surface area contributed by atoms with E-state index in [1.54, 1.807) is 17.0 Å². The van der Waals surface area contributed by atoms with E-state index in [-0.39, 0.29) is 11.9 Å². The summed E-state index contributed by atoms with van der Waals surface area (Å²) in [5.74, 6) is -0.198. The number of likely N-dealkylation sites (N-methyl/N-ethyl adjacent to an activating group) is 1. The standard InChI is InChI=1S/C16H22N2O3/c1-16(2)15(20)17(3)9-10-18(16)11-12-5-7-13(8-6-12)14(19)21-4/h5-8H,9-11H2,1-4H3. The molecular weight excluding hydrogens is 268 g/mol. The molecule has 0 unspecified atom stereocenters. The molecule has 0 aromatic heterocycles. The van der Waals surface area contributed by atoms with Crippen molar-refractivity contribution in [1.82, 2.24) is 9.80 Å². The smallest absolute Gasteiger partial charge is 0.337 e. The molecule has 5 nitrogen and oxygen atoms in total. The lowest BCUT2D eigenvalue weighted by Gasteiger charge is -2.44. The van der Waals surface area contributed by atoms with Crippen molar-refractivity contribution in [3.8, 4) is 0 Å². The Balaban J connectivity index is 2.11. The van der Waals surface area contributed by atoms with Crippen LogP contribution in [0.3, 0.4) is 0 Å². The Hall–Kier alpha value is -1.88. The third-order valence-corrected chi connectivity index (χ3v) is 4.11. The van der Waals surface area contributed by atoms with Crippen molar-refractivity contribution in [2.24, 2.45) is 0 Å². The average molecular weight is 290 g/mol. The van der Waals surface area contributed by atoms with Crippen LogP contribution in [0.2, 0.25) is 0 Å². The SMILES string of the molecule is COC(=O)c1ccc(CN2CCN(C)C(=O)C2(C)C)cc1. The number of carbonyl (C=O) groups is 2. The fourth-order valence-electron chi connectivity index (χ4n) is 2.62. The summed E-state index contributed by atoms with van der Waals surface area (Å²) in [5.41, 5.74) is 1.11. The van der Waals surface area contributed by atoms with Gasteiger partial charge in [-0.1, -0.05) is 12.1 Å². The molecule has 114 valence electrons. The summed E-state index contributed by atoms with van der Waals surface area (Å²) in [5, 5.41) is 0. The summed E-state index contributed by atoms with van der Waals surface area (Å²) in [7, 11) is 3.21. The minimum Gasteiger partial charge on any atom is -0.465 e. The third kappa shape index (κ3) is 3.08. The van der Waals surface area contributed by atoms with Gasteiger partial charge in [-0.05, 0) is 31.5 Å². The minimum atomic E-state index is -0.506. The van der Waals surface area contributed by atoms with Crippen molar-refractivity contribution in [2.45, 2.75) is 25.9 Å². The topological polar surface area (TPSA) is 49.9 Å². The summed E-state index contributed by atoms with van der Waals surface area (Å²) >= 11 is 0. The van der Waals surface area contributed by atoms with Crippen LogP contribution >= 0.6 is 0 Å². The number of rotatable bonds is 3. The maximum atomic E-state index is 12.3. The molecule has 0 aliphatic carbocycles. The molecule has 21 heavy (non-hydrogen) atoms. The van der Waals surface area contributed by atoms with Gasteiger partial charge >= 0.3 is 5.97 Å². The fraction of sp³-hybridized carbons (Fsp3) is 0.500. The third-order valence-electron chi connectivity index (χ3n) is 4.11. The number of hydrogen-bond donors (Lipinski definition) is 0. The van der Waals surface area contributed by atoms with Gasteiger partial charge in [-0.2, -0.15) is 0 Å². The maximum absolute atomic E-state index is 12.3. The number of benzene rings is 1. The van der Waals surface area contributed by atoms with Crippen LogP contribution in [0.25, 0.3) is 0 Å². The number of piperazine rings is 1. The number of ether oxygens (including phenoxy) is 1. The summed E-state index contributed by atoms with van der Waals surface area (Å²) in [6.45, 7) is 6.17. The molecule has 2 rings (SSSR count). The highest BCUT2D eigenvalue weighted by atomic mass is 16.5. The molecule has 0 atom stereocenters. The molecule has 1 heterocycles. The van der Waals surface area contributed by atoms with Crippen LogP contribution in [-0.4, -0.2) is 54.5 Å². The van der Waals surface area contributed by atoms with Crippen molar-refractivity contribution in [1.29, 1.82) is 0 Å². The fourth-order valence-corrected chi connectivity index (χ4v) is 2.62. The zero-order valence-corrected chi connectivity index (χ0v) is 13.0. The lowest BCUT2D eigenvalue weighted by Crippen LogP contribution is -2.61. The predicted molar refractivity (Wildman–Crippen MR) is 79.9 cm³/mol. The van der Waals surface area contributed by atoms with Crippen molar-refractivity contribution in [2.75, 3.05) is 27.2 Å². The Morgan fingerprint density at radius 1 is 1.24 bits per heavy atom. The van der Waals surface area contributed by atoms with Crippen LogP contribution in [-0.2, 0) is 16.1 Å². The molecule has 0 bridgehead atoms. The quantitative estimate of drug-likeness (QED) is 0.792. The number of nitrogens with zero attached hydrogens (tertiary/aromatic N) is 2. The lowest BCUT2D eigenvalue weighted by atomic mass is 9.97. The van der Waals surface area contributed by atoms with E-state index in [0.717, 1.165) is 18.7 Å². The second kappa shape index (κ2) is 5.85. The molecule has 1 aromatic rings. The highest BCUT2D eigenvalue weighted by molar-refractivity contribution is 5.89. The lowest BCUT2D eigenvalue weighted by molar-refractivity contribution is -0.147. The van der Waals surface area contributed by atoms with E-state index in [1.165, 1.54) is 7.11 Å². The molecule has 1 fully saturated rings. The highest BCUT2D eigenvalue weighted by Crippen LogP contribution is 2.24. The molecule has 0 radical (unpaired) electrons. The monoisotopic (exact) mass is 290 g/mol. The minimum absolute atomic E-state index is 0.139. The predicted octanol–water partition coefficient (Wildman–Crippen LogP) is 1.53. The van der Waals surface area contributed by atoms with Crippen molar-refractivity contribution >= 4 is 11.9 Å². The first-order valence-corrected chi connectivity index (χ1v) is 7.04. The Bertz CT molecular complexity index is 537. The van der Waals surface area contributed by atoms with E-state index in [1.807, 2.05) is 33.0 Å². The normalized spacial score (nSPS) is 18.7. The molecule has 1 aliphatic heterocycles. The van der Waals surface area contributed by atoms with Gasteiger partial charge in [-0.25, -0.2) is 4.79 Å². The molecule has 1 aliphatic rings. The van der Waals surface area contributed by atoms with Gasteiger partial charge in [0.05, 0.1) is 18.2 Å². The van der Waals surface area contributed by atoms with E-state index in [9.17, 15) is 9.59 Å². The summed E-state index contributed by atoms with van der Waals surface area (Å²) in [6.07, 6.45) is 0. The van der Waals surface area contributed by atoms with E-state index >= 15 is 0 Å². The average Bonchev–Trinajstić information content (AvgIpc) is 2.48. The Morgan fingerprint density at radius 3 is 2.43 bits per heavy atom. The number of carbonyl (C=O) groups excluding carboxylic acids is 2. The Morgan fingerprint density at radius 2 is 1.86 bits per heavy atom. The molecule has 1 saturated heterocycles. The van der Waals surface area contributed by atoms with E-state index < -0.39 is 5.54 Å². The summed E-state index contributed by atoms with van der Waals surface area (Å²) < 4.78 is 4.69. The first-order chi connectivity index (χ1) is 9.86. The van der Waals surface area contributed by atoms with E-state index in [0.29, 0.717) is 12.1 Å². The number of hydrogen-bond acceptors (Lipinski definition) is 4. The van der Waals surface area contributed by atoms with Gasteiger partial charge in [0.15, 0.2) is 0 Å². The van der Waals surface area contributed by atoms with Crippen LogP contribution in [0.4, 0.5) is 0 Å². The molecule has 1 amide bonds. The van der Waals surface area contributed by atoms with Gasteiger partial charge in [0.1, 0.15) is 0 Å². The number of amides is 1. The number of esters is 1. The van der Waals surface area contributed by atoms with Gasteiger partial charge in [0.2, 0.25) is 5.91 Å². The molecule has 5 heteroatoms. The van der Waals surface area contributed by atoms with E-state index in [2.05, 4.69) is 9.64 Å². The van der Waals surface area contributed by atoms with Gasteiger partial charge in [-0.3, -0.25) is 9.69 Å². The molecule has 1 aromatic carbocycles. The van der Waals surface area contributed by atoms with Crippen LogP contribution in [0.1, 0.15) is 29.8 Å². The Labute approximate surface area is 125 Å². The second-order valence-corrected chi connectivity index (χ2v) is 5.90. The van der Waals surface area contributed by atoms with Crippen molar-refractivity contribution < 1.29 is 14.3 Å². The van der Waals surface area contributed by atoms with Gasteiger partial charge < -0.3 is 9.64 Å². The van der Waals surface area contributed by atoms with Crippen molar-refractivity contribution in [3.63, 3.8) is 0 Å². The Kier molecular flexibility index (Phi) is 4.32. The van der Waals surface area contributed by atoms with Crippen LogP contribution in [0.15, 0.2) is 24.3 Å². The van der Waals surface area contributed by atoms with Gasteiger partial charge in [0.25, 0.3) is 0 Å². The second-order valence-electron chi connectivity index (χ2n) is 5.90. The van der Waals surface area contributed by atoms with Gasteiger partial charge in [0, 0.05) is 26.7 Å². The molecule has 0 N–H and O–H groups in total. The maximum Gasteiger partial charge on any atom is 0.337 e. The first kappa shape index (κ1) is 15.5. The zero-order valence-electron chi connectivity index (χ0n) is 13.0. The summed E-state index contributed by atoms with van der Waals surface area (Å²) in [6, 6.07) is 7.33. The molecule has 0 saturated carbocycles. The molecule has 0 spiro atoms. The van der Waals surface area contributed by atoms with Crippen LogP contribution in [0, 0.1) is 0 Å². The van der Waals surface area contributed by atoms with E-state index in [4.69, 9.17) is 0 Å². The molecular formula is C16H22N2O3. The zero-order chi connectivity index (χ0) is 15.6. The van der Waals surface area contributed by atoms with Crippen LogP contribution in [0.5, 0.6) is 0 Å². The largest absolute Gasteiger partial charge is 0.465 e.